The van der Waals surface area contributed by atoms with Crippen molar-refractivity contribution in [2.45, 2.75) is 6.92 Å². The molecule has 0 fully saturated rings. The molecule has 0 radical (unpaired) electrons. The molecule has 2 aliphatic heterocycles. The number of ether oxygens (including phenoxy) is 3. The Kier molecular flexibility index (Phi) is 16.2. The summed E-state index contributed by atoms with van der Waals surface area (Å²) >= 11 is 0. The lowest BCUT2D eigenvalue weighted by Crippen LogP contribution is -2.46. The third kappa shape index (κ3) is 12.6. The number of amides is 2. The Balaban J connectivity index is 1.45. The predicted octanol–water partition coefficient (Wildman–Crippen LogP) is 2.71. The van der Waals surface area contributed by atoms with Crippen LogP contribution in [0.4, 0.5) is 17.1 Å². The summed E-state index contributed by atoms with van der Waals surface area (Å²) in [5, 5.41) is 39.8. The number of hydrogen-bond donors (Lipinski definition) is 4. The van der Waals surface area contributed by atoms with Crippen LogP contribution in [0.2, 0.25) is 0 Å². The normalized spacial score (nSPS) is 13.3. The summed E-state index contributed by atoms with van der Waals surface area (Å²) in [6.07, 6.45) is 0. The maximum absolute atomic E-state index is 14.0. The largest absolute Gasteiger partial charge is 0.488 e. The molecule has 0 saturated carbocycles. The number of hydrogen-bond acceptors (Lipinski definition) is 13. The van der Waals surface area contributed by atoms with Crippen molar-refractivity contribution >= 4 is 63.7 Å². The second-order valence-corrected chi connectivity index (χ2v) is 16.5. The molecule has 6 rings (SSSR count). The number of benzene rings is 4. The molecule has 0 aromatic heterocycles. The Bertz CT molecular complexity index is 2720. The van der Waals surface area contributed by atoms with E-state index < -0.39 is 75.0 Å². The van der Waals surface area contributed by atoms with E-state index in [0.29, 0.717) is 28.5 Å². The van der Waals surface area contributed by atoms with Crippen LogP contribution in [0, 0.1) is 6.92 Å². The van der Waals surface area contributed by atoms with Gasteiger partial charge in [0, 0.05) is 61.5 Å². The van der Waals surface area contributed by atoms with Crippen LogP contribution in [0.15, 0.2) is 77.2 Å². The standard InChI is InChI=1S/C48H54N6O14/c1-30-6-12-37-40(20-30)66-18-19-67-41-21-31(48-34-10-8-32(49(2)3)22-38(34)68-39-23-33(50(4)5)9-11-35(39)48)7-13-36(41)52(25-42(55)53(28-46(61)62)29-47(63)64)14-16-65-17-15-54(37)43(56)24-51(26-44(57)58)27-45(59)60/h6-13,20-23H,14-19,24-29H2,1-5H3,(H3-,57,58,59,60,61,62,63,64)/p+1. The van der Waals surface area contributed by atoms with E-state index in [1.807, 2.05) is 93.1 Å². The molecule has 4 N–H and O–H groups in total. The van der Waals surface area contributed by atoms with Crippen molar-refractivity contribution in [3.8, 4) is 33.9 Å². The van der Waals surface area contributed by atoms with Crippen LogP contribution in [0.1, 0.15) is 5.56 Å². The fraction of sp³-hybridized carbons (Fsp3) is 0.354. The monoisotopic (exact) mass is 939 g/mol. The van der Waals surface area contributed by atoms with Gasteiger partial charge in [-0.25, -0.2) is 4.58 Å². The molecule has 1 aliphatic carbocycles. The van der Waals surface area contributed by atoms with Gasteiger partial charge in [-0.2, -0.15) is 0 Å². The fourth-order valence-electron chi connectivity index (χ4n) is 7.79. The summed E-state index contributed by atoms with van der Waals surface area (Å²) in [5.74, 6) is -5.65. The number of aliphatic carboxylic acids is 4. The molecule has 2 amide bonds. The summed E-state index contributed by atoms with van der Waals surface area (Å²) in [6, 6.07) is 22.5. The quantitative estimate of drug-likeness (QED) is 0.0924. The van der Waals surface area contributed by atoms with Crippen molar-refractivity contribution in [1.29, 1.82) is 0 Å². The predicted molar refractivity (Wildman–Crippen MR) is 251 cm³/mol. The van der Waals surface area contributed by atoms with E-state index in [9.17, 15) is 49.2 Å². The third-order valence-corrected chi connectivity index (χ3v) is 11.0. The number of anilines is 3. The zero-order valence-corrected chi connectivity index (χ0v) is 38.5. The number of aryl methyl sites for hydroxylation is 1. The number of carboxylic acids is 4. The second-order valence-electron chi connectivity index (χ2n) is 16.5. The molecule has 3 aliphatic rings. The fourth-order valence-corrected chi connectivity index (χ4v) is 7.79. The second kappa shape index (κ2) is 22.2. The van der Waals surface area contributed by atoms with Crippen LogP contribution >= 0.6 is 0 Å². The molecule has 20 heteroatoms. The number of carboxylic acid groups (broad SMARTS) is 4. The molecule has 0 bridgehead atoms. The van der Waals surface area contributed by atoms with Gasteiger partial charge in [-0.05, 0) is 60.5 Å². The summed E-state index contributed by atoms with van der Waals surface area (Å²) in [7, 11) is 7.75. The topological polar surface area (TPSA) is 243 Å². The van der Waals surface area contributed by atoms with Crippen LogP contribution in [0.25, 0.3) is 33.4 Å². The minimum Gasteiger partial charge on any atom is -0.488 e. The van der Waals surface area contributed by atoms with Crippen molar-refractivity contribution in [2.24, 2.45) is 0 Å². The zero-order chi connectivity index (χ0) is 49.2. The Morgan fingerprint density at radius 3 is 1.94 bits per heavy atom. The van der Waals surface area contributed by atoms with Crippen molar-refractivity contribution < 1.29 is 67.8 Å². The molecule has 0 unspecified atom stereocenters. The SMILES string of the molecule is Cc1ccc2c(c1)OCCOc1cc(-c3c4ccc(=[N+](C)C)cc-4oc4cc(N(C)C)ccc34)ccc1N(CC(=O)N(CC(=O)O)CC(=O)O)CCOCCN2C(=O)CN(CC(=O)O)CC(=O)O. The van der Waals surface area contributed by atoms with E-state index in [4.69, 9.17) is 18.6 Å². The number of fused-ring (bicyclic) bond motifs is 4. The molecular formula is C48H55N6O14+. The highest BCUT2D eigenvalue weighted by Gasteiger charge is 2.28. The van der Waals surface area contributed by atoms with Gasteiger partial charge in [-0.3, -0.25) is 33.7 Å². The van der Waals surface area contributed by atoms with Gasteiger partial charge < -0.3 is 58.7 Å². The first-order valence-corrected chi connectivity index (χ1v) is 21.6. The molecule has 2 heterocycles. The highest BCUT2D eigenvalue weighted by atomic mass is 16.5. The first kappa shape index (κ1) is 49.7. The van der Waals surface area contributed by atoms with E-state index >= 15 is 0 Å². The summed E-state index contributed by atoms with van der Waals surface area (Å²) in [6.45, 7) is -2.70. The minimum absolute atomic E-state index is 0.00262. The van der Waals surface area contributed by atoms with Crippen LogP contribution in [-0.2, 0) is 33.5 Å². The summed E-state index contributed by atoms with van der Waals surface area (Å²) in [4.78, 5) is 81.2. The van der Waals surface area contributed by atoms with Gasteiger partial charge in [0.05, 0.1) is 56.8 Å². The van der Waals surface area contributed by atoms with Gasteiger partial charge in [0.15, 0.2) is 0 Å². The first-order valence-electron chi connectivity index (χ1n) is 21.6. The number of carbonyl (C=O) groups excluding carboxylic acids is 2. The number of nitrogens with zero attached hydrogens (tertiary/aromatic N) is 6. The zero-order valence-electron chi connectivity index (χ0n) is 38.5. The molecule has 20 nitrogen and oxygen atoms in total. The third-order valence-electron chi connectivity index (χ3n) is 11.0. The molecule has 0 saturated heterocycles. The van der Waals surface area contributed by atoms with Gasteiger partial charge in [0.1, 0.15) is 63.2 Å². The number of rotatable bonds is 14. The molecule has 0 atom stereocenters. The molecule has 3 aromatic rings. The summed E-state index contributed by atoms with van der Waals surface area (Å²) in [5.41, 5.74) is 5.41. The first-order chi connectivity index (χ1) is 32.4. The van der Waals surface area contributed by atoms with Gasteiger partial charge in [0.2, 0.25) is 17.2 Å². The Labute approximate surface area is 391 Å². The molecule has 68 heavy (non-hydrogen) atoms. The minimum atomic E-state index is -1.40. The Morgan fingerprint density at radius 2 is 1.31 bits per heavy atom. The van der Waals surface area contributed by atoms with Gasteiger partial charge in [-0.1, -0.05) is 12.1 Å². The van der Waals surface area contributed by atoms with Crippen molar-refractivity contribution in [2.75, 3.05) is 122 Å². The van der Waals surface area contributed by atoms with Crippen LogP contribution in [-0.4, -0.2) is 173 Å². The van der Waals surface area contributed by atoms with E-state index in [1.165, 1.54) is 4.90 Å². The average Bonchev–Trinajstić information content (AvgIpc) is 3.26. The van der Waals surface area contributed by atoms with Gasteiger partial charge in [-0.15, -0.1) is 0 Å². The summed E-state index contributed by atoms with van der Waals surface area (Å²) < 4.78 is 27.4. The van der Waals surface area contributed by atoms with Gasteiger partial charge >= 0.3 is 23.9 Å². The molecular weight excluding hydrogens is 885 g/mol. The molecule has 360 valence electrons. The number of carbonyl (C=O) groups is 6. The Morgan fingerprint density at radius 1 is 0.676 bits per heavy atom. The smallest absolute Gasteiger partial charge is 0.323 e. The van der Waals surface area contributed by atoms with E-state index in [0.717, 1.165) is 48.5 Å². The lowest BCUT2D eigenvalue weighted by atomic mass is 9.93. The molecule has 0 spiro atoms. The van der Waals surface area contributed by atoms with E-state index in [-0.39, 0.29) is 45.3 Å². The maximum Gasteiger partial charge on any atom is 0.323 e. The molecule has 3 aromatic carbocycles. The van der Waals surface area contributed by atoms with Crippen LogP contribution in [0.3, 0.4) is 0 Å². The van der Waals surface area contributed by atoms with Crippen LogP contribution in [0.5, 0.6) is 11.5 Å². The van der Waals surface area contributed by atoms with Crippen LogP contribution < -0.4 is 34.1 Å². The van der Waals surface area contributed by atoms with Gasteiger partial charge in [0.25, 0.3) is 0 Å². The highest BCUT2D eigenvalue weighted by Crippen LogP contribution is 2.43. The van der Waals surface area contributed by atoms with Crippen molar-refractivity contribution in [3.63, 3.8) is 0 Å². The lowest BCUT2D eigenvalue weighted by molar-refractivity contribution is -0.149. The lowest BCUT2D eigenvalue weighted by Gasteiger charge is -2.29. The average molecular weight is 940 g/mol. The van der Waals surface area contributed by atoms with E-state index in [2.05, 4.69) is 0 Å². The van der Waals surface area contributed by atoms with E-state index in [1.54, 1.807) is 29.2 Å². The van der Waals surface area contributed by atoms with Crippen molar-refractivity contribution in [1.82, 2.24) is 14.4 Å². The Hall–Kier alpha value is -7.71. The highest BCUT2D eigenvalue weighted by molar-refractivity contribution is 6.03. The van der Waals surface area contributed by atoms with Crippen molar-refractivity contribution in [3.05, 3.63) is 83.7 Å². The maximum atomic E-state index is 14.0.